The number of hydrogen-bond donors (Lipinski definition) is 3. The van der Waals surface area contributed by atoms with Crippen molar-refractivity contribution in [2.45, 2.75) is 19.5 Å². The highest BCUT2D eigenvalue weighted by molar-refractivity contribution is 6.35. The van der Waals surface area contributed by atoms with E-state index in [0.717, 1.165) is 0 Å². The third-order valence-corrected chi connectivity index (χ3v) is 3.02. The maximum Gasteiger partial charge on any atom is 0.390 e. The van der Waals surface area contributed by atoms with E-state index >= 15 is 0 Å². The lowest BCUT2D eigenvalue weighted by atomic mass is 10.4. The van der Waals surface area contributed by atoms with Crippen LogP contribution < -0.4 is 16.0 Å². The average Bonchev–Trinajstić information content (AvgIpc) is 2.44. The first-order valence-electron chi connectivity index (χ1n) is 6.95. The monoisotopic (exact) mass is 371 g/mol. The van der Waals surface area contributed by atoms with Crippen molar-refractivity contribution in [3.05, 3.63) is 22.3 Å². The molecule has 0 spiro atoms. The molecule has 1 aromatic rings. The fourth-order valence-corrected chi connectivity index (χ4v) is 1.99. The van der Waals surface area contributed by atoms with Crippen LogP contribution >= 0.6 is 23.2 Å². The van der Waals surface area contributed by atoms with Crippen molar-refractivity contribution in [1.82, 2.24) is 15.6 Å². The lowest BCUT2D eigenvalue weighted by Crippen LogP contribution is -2.39. The molecule has 1 heterocycles. The number of anilines is 1. The number of halogens is 5. The summed E-state index contributed by atoms with van der Waals surface area (Å²) in [6, 6.07) is 1.56. The standard InChI is InChI=1S/C13H18Cl2F3N5/c1-2-19-12(21-4-3-13(16,17)18)22-6-5-20-11-10(15)7-9(14)8-23-11/h7-8H,2-6H2,1H3,(H,20,23)(H2,19,21,22). The van der Waals surface area contributed by atoms with Crippen LogP contribution in [0.1, 0.15) is 13.3 Å². The second-order valence-electron chi connectivity index (χ2n) is 4.46. The Morgan fingerprint density at radius 2 is 2.00 bits per heavy atom. The number of rotatable bonds is 7. The molecule has 0 radical (unpaired) electrons. The largest absolute Gasteiger partial charge is 0.390 e. The van der Waals surface area contributed by atoms with Gasteiger partial charge in [0.25, 0.3) is 0 Å². The highest BCUT2D eigenvalue weighted by Crippen LogP contribution is 2.22. The number of aromatic nitrogens is 1. The van der Waals surface area contributed by atoms with Gasteiger partial charge in [0, 0.05) is 25.8 Å². The predicted octanol–water partition coefficient (Wildman–Crippen LogP) is 3.31. The number of nitrogens with zero attached hydrogens (tertiary/aromatic N) is 2. The Hall–Kier alpha value is -1.41. The van der Waals surface area contributed by atoms with Crippen molar-refractivity contribution in [2.75, 3.05) is 31.5 Å². The second kappa shape index (κ2) is 9.67. The van der Waals surface area contributed by atoms with E-state index in [1.807, 2.05) is 6.92 Å². The molecule has 5 nitrogen and oxygen atoms in total. The van der Waals surface area contributed by atoms with Crippen molar-refractivity contribution in [1.29, 1.82) is 0 Å². The summed E-state index contributed by atoms with van der Waals surface area (Å²) >= 11 is 11.7. The lowest BCUT2D eigenvalue weighted by molar-refractivity contribution is -0.132. The third-order valence-electron chi connectivity index (χ3n) is 2.53. The molecule has 3 N–H and O–H groups in total. The molecule has 130 valence electrons. The van der Waals surface area contributed by atoms with Gasteiger partial charge in [-0.15, -0.1) is 0 Å². The molecule has 0 aromatic carbocycles. The average molecular weight is 372 g/mol. The molecule has 0 aliphatic carbocycles. The molecule has 23 heavy (non-hydrogen) atoms. The molecule has 0 unspecified atom stereocenters. The van der Waals surface area contributed by atoms with E-state index in [1.165, 1.54) is 6.20 Å². The number of hydrogen-bond acceptors (Lipinski definition) is 3. The normalized spacial score (nSPS) is 12.2. The summed E-state index contributed by atoms with van der Waals surface area (Å²) < 4.78 is 36.3. The highest BCUT2D eigenvalue weighted by Gasteiger charge is 2.26. The summed E-state index contributed by atoms with van der Waals surface area (Å²) in [4.78, 5) is 7.89. The van der Waals surface area contributed by atoms with E-state index in [2.05, 4.69) is 25.9 Å². The molecule has 0 saturated carbocycles. The Morgan fingerprint density at radius 1 is 1.26 bits per heavy atom. The molecule has 1 aromatic heterocycles. The number of alkyl halides is 3. The smallest absolute Gasteiger partial charge is 0.367 e. The SMILES string of the molecule is CCNC(=NCCC(F)(F)F)NCCNc1ncc(Cl)cc1Cl. The van der Waals surface area contributed by atoms with E-state index in [9.17, 15) is 13.2 Å². The Balaban J connectivity index is 2.39. The van der Waals surface area contributed by atoms with Crippen LogP contribution in [0.25, 0.3) is 0 Å². The van der Waals surface area contributed by atoms with Crippen LogP contribution in [0, 0.1) is 0 Å². The van der Waals surface area contributed by atoms with Crippen LogP contribution in [-0.2, 0) is 0 Å². The number of pyridine rings is 1. The summed E-state index contributed by atoms with van der Waals surface area (Å²) in [7, 11) is 0. The zero-order chi connectivity index (χ0) is 17.3. The number of nitrogens with one attached hydrogen (secondary N) is 3. The van der Waals surface area contributed by atoms with Gasteiger partial charge in [0.15, 0.2) is 5.96 Å². The van der Waals surface area contributed by atoms with Crippen molar-refractivity contribution in [3.63, 3.8) is 0 Å². The molecule has 0 amide bonds. The second-order valence-corrected chi connectivity index (χ2v) is 5.31. The van der Waals surface area contributed by atoms with Crippen molar-refractivity contribution < 1.29 is 13.2 Å². The van der Waals surface area contributed by atoms with Gasteiger partial charge in [0.2, 0.25) is 0 Å². The van der Waals surface area contributed by atoms with Crippen molar-refractivity contribution in [3.8, 4) is 0 Å². The van der Waals surface area contributed by atoms with Gasteiger partial charge in [-0.3, -0.25) is 4.99 Å². The van der Waals surface area contributed by atoms with Gasteiger partial charge >= 0.3 is 6.18 Å². The Morgan fingerprint density at radius 3 is 2.61 bits per heavy atom. The molecule has 0 saturated heterocycles. The van der Waals surface area contributed by atoms with Crippen LogP contribution in [0.4, 0.5) is 19.0 Å². The Kier molecular flexibility index (Phi) is 8.25. The third kappa shape index (κ3) is 8.71. The van der Waals surface area contributed by atoms with Crippen LogP contribution in [0.2, 0.25) is 10.0 Å². The zero-order valence-electron chi connectivity index (χ0n) is 12.5. The van der Waals surface area contributed by atoms with Gasteiger partial charge < -0.3 is 16.0 Å². The Labute approximate surface area is 142 Å². The maximum absolute atomic E-state index is 12.1. The molecular formula is C13H18Cl2F3N5. The lowest BCUT2D eigenvalue weighted by Gasteiger charge is -2.13. The van der Waals surface area contributed by atoms with Gasteiger partial charge in [-0.05, 0) is 13.0 Å². The molecule has 0 aliphatic rings. The maximum atomic E-state index is 12.1. The fourth-order valence-electron chi connectivity index (χ4n) is 1.54. The van der Waals surface area contributed by atoms with Gasteiger partial charge in [-0.2, -0.15) is 13.2 Å². The summed E-state index contributed by atoms with van der Waals surface area (Å²) in [5, 5.41) is 9.61. The van der Waals surface area contributed by atoms with E-state index in [0.29, 0.717) is 41.5 Å². The molecule has 0 fully saturated rings. The first kappa shape index (κ1) is 19.6. The fraction of sp³-hybridized carbons (Fsp3) is 0.538. The van der Waals surface area contributed by atoms with E-state index in [-0.39, 0.29) is 6.54 Å². The highest BCUT2D eigenvalue weighted by atomic mass is 35.5. The molecule has 10 heteroatoms. The minimum absolute atomic E-state index is 0.323. The van der Waals surface area contributed by atoms with Crippen LogP contribution in [0.15, 0.2) is 17.3 Å². The number of aliphatic imine (C=N–C) groups is 1. The first-order valence-corrected chi connectivity index (χ1v) is 7.71. The van der Waals surface area contributed by atoms with E-state index < -0.39 is 12.6 Å². The molecule has 0 aliphatic heterocycles. The topological polar surface area (TPSA) is 61.3 Å². The summed E-state index contributed by atoms with van der Waals surface area (Å²) in [6.45, 7) is 2.94. The van der Waals surface area contributed by atoms with Crippen LogP contribution in [0.5, 0.6) is 0 Å². The number of guanidine groups is 1. The predicted molar refractivity (Wildman–Crippen MR) is 87.4 cm³/mol. The van der Waals surface area contributed by atoms with E-state index in [1.54, 1.807) is 6.07 Å². The van der Waals surface area contributed by atoms with Gasteiger partial charge in [-0.25, -0.2) is 4.98 Å². The first-order chi connectivity index (χ1) is 10.8. The van der Waals surface area contributed by atoms with Crippen LogP contribution in [-0.4, -0.2) is 43.3 Å². The quantitative estimate of drug-likeness (QED) is 0.391. The van der Waals surface area contributed by atoms with Gasteiger partial charge in [0.05, 0.1) is 23.0 Å². The minimum Gasteiger partial charge on any atom is -0.367 e. The van der Waals surface area contributed by atoms with Gasteiger partial charge in [-0.1, -0.05) is 23.2 Å². The zero-order valence-corrected chi connectivity index (χ0v) is 14.0. The van der Waals surface area contributed by atoms with Crippen molar-refractivity contribution in [2.24, 2.45) is 4.99 Å². The Bertz CT molecular complexity index is 523. The van der Waals surface area contributed by atoms with E-state index in [4.69, 9.17) is 23.2 Å². The molecule has 1 rings (SSSR count). The minimum atomic E-state index is -4.21. The summed E-state index contributed by atoms with van der Waals surface area (Å²) in [6.07, 6.45) is -3.70. The molecule has 0 bridgehead atoms. The van der Waals surface area contributed by atoms with Crippen LogP contribution in [0.3, 0.4) is 0 Å². The molecule has 0 atom stereocenters. The summed E-state index contributed by atoms with van der Waals surface area (Å²) in [5.74, 6) is 0.811. The summed E-state index contributed by atoms with van der Waals surface area (Å²) in [5.41, 5.74) is 0. The van der Waals surface area contributed by atoms with Gasteiger partial charge in [0.1, 0.15) is 5.82 Å². The van der Waals surface area contributed by atoms with Crippen molar-refractivity contribution >= 4 is 35.0 Å². The molecular weight excluding hydrogens is 354 g/mol.